The number of nitrogens with zero attached hydrogens (tertiary/aromatic N) is 2. The van der Waals surface area contributed by atoms with E-state index in [0.717, 1.165) is 5.39 Å². The van der Waals surface area contributed by atoms with Gasteiger partial charge in [0.1, 0.15) is 0 Å². The van der Waals surface area contributed by atoms with Crippen molar-refractivity contribution in [1.29, 1.82) is 0 Å². The Kier molecular flexibility index (Phi) is 1.86. The van der Waals surface area contributed by atoms with Crippen molar-refractivity contribution in [2.24, 2.45) is 0 Å². The topological polar surface area (TPSA) is 25.8 Å². The molecule has 2 nitrogen and oxygen atoms in total. The minimum absolute atomic E-state index is 0.00796. The molecule has 1 aliphatic carbocycles. The van der Waals surface area contributed by atoms with E-state index in [4.69, 9.17) is 0 Å². The van der Waals surface area contributed by atoms with Crippen LogP contribution in [0.15, 0.2) is 48.9 Å². The van der Waals surface area contributed by atoms with E-state index in [1.54, 1.807) is 24.4 Å². The van der Waals surface area contributed by atoms with Gasteiger partial charge in [0.2, 0.25) is 0 Å². The van der Waals surface area contributed by atoms with Crippen LogP contribution in [0.25, 0.3) is 22.0 Å². The summed E-state index contributed by atoms with van der Waals surface area (Å²) in [6.07, 6.45) is 4.39. The molecule has 0 amide bonds. The van der Waals surface area contributed by atoms with E-state index in [-0.39, 0.29) is 11.1 Å². The lowest BCUT2D eigenvalue weighted by molar-refractivity contribution is 0.0439. The van der Waals surface area contributed by atoms with Crippen molar-refractivity contribution in [1.82, 2.24) is 9.97 Å². The maximum absolute atomic E-state index is 14.6. The molecule has 0 radical (unpaired) electrons. The van der Waals surface area contributed by atoms with Crippen LogP contribution in [0.5, 0.6) is 0 Å². The molecule has 0 saturated heterocycles. The number of benzene rings is 1. The van der Waals surface area contributed by atoms with Crippen molar-refractivity contribution in [2.75, 3.05) is 0 Å². The van der Waals surface area contributed by atoms with Crippen LogP contribution in [0.4, 0.5) is 8.78 Å². The molecule has 0 saturated carbocycles. The first-order valence-electron chi connectivity index (χ1n) is 5.90. The van der Waals surface area contributed by atoms with Crippen LogP contribution in [-0.4, -0.2) is 9.97 Å². The van der Waals surface area contributed by atoms with Gasteiger partial charge in [-0.3, -0.25) is 9.97 Å². The van der Waals surface area contributed by atoms with Gasteiger partial charge in [-0.1, -0.05) is 18.2 Å². The van der Waals surface area contributed by atoms with Crippen LogP contribution in [0, 0.1) is 0 Å². The van der Waals surface area contributed by atoms with Crippen LogP contribution < -0.4 is 0 Å². The van der Waals surface area contributed by atoms with Gasteiger partial charge in [0.25, 0.3) is 0 Å². The van der Waals surface area contributed by atoms with Crippen molar-refractivity contribution >= 4 is 10.8 Å². The molecule has 0 spiro atoms. The molecule has 1 aromatic carbocycles. The molecule has 4 rings (SSSR count). The van der Waals surface area contributed by atoms with Crippen LogP contribution in [0.1, 0.15) is 11.1 Å². The largest absolute Gasteiger partial charge is 0.301 e. The van der Waals surface area contributed by atoms with E-state index < -0.39 is 5.92 Å². The van der Waals surface area contributed by atoms with E-state index >= 15 is 0 Å². The van der Waals surface area contributed by atoms with E-state index in [1.165, 1.54) is 18.5 Å². The number of aromatic nitrogens is 2. The Labute approximate surface area is 107 Å². The summed E-state index contributed by atoms with van der Waals surface area (Å²) in [6.45, 7) is 0. The Morgan fingerprint density at radius 3 is 2.74 bits per heavy atom. The molecular weight excluding hydrogens is 246 g/mol. The molecule has 0 unspecified atom stereocenters. The second-order valence-corrected chi connectivity index (χ2v) is 4.56. The highest BCUT2D eigenvalue weighted by Gasteiger charge is 2.42. The molecule has 2 aromatic heterocycles. The van der Waals surface area contributed by atoms with E-state index in [0.29, 0.717) is 16.6 Å². The Balaban J connectivity index is 2.28. The number of hydrogen-bond acceptors (Lipinski definition) is 2. The predicted octanol–water partition coefficient (Wildman–Crippen LogP) is 3.75. The average Bonchev–Trinajstić information content (AvgIpc) is 2.45. The molecule has 0 N–H and O–H groups in total. The molecule has 1 aliphatic rings. The third-order valence-corrected chi connectivity index (χ3v) is 3.54. The predicted molar refractivity (Wildman–Crippen MR) is 68.0 cm³/mol. The number of pyridine rings is 2. The van der Waals surface area contributed by atoms with Gasteiger partial charge in [-0.05, 0) is 17.5 Å². The highest BCUT2D eigenvalue weighted by Crippen LogP contribution is 2.49. The maximum atomic E-state index is 14.6. The SMILES string of the molecule is FC1(F)c2cnccc2-c2nccc3cccc1c23. The summed E-state index contributed by atoms with van der Waals surface area (Å²) in [5.74, 6) is -3.03. The normalized spacial score (nSPS) is 15.3. The third kappa shape index (κ3) is 1.23. The van der Waals surface area contributed by atoms with E-state index in [1.807, 2.05) is 6.07 Å². The van der Waals surface area contributed by atoms with Crippen molar-refractivity contribution in [3.05, 3.63) is 60.0 Å². The van der Waals surface area contributed by atoms with Crippen LogP contribution >= 0.6 is 0 Å². The quantitative estimate of drug-likeness (QED) is 0.610. The zero-order valence-electron chi connectivity index (χ0n) is 9.77. The summed E-state index contributed by atoms with van der Waals surface area (Å²) in [7, 11) is 0. The molecule has 3 aromatic rings. The maximum Gasteiger partial charge on any atom is 0.301 e. The smallest absolute Gasteiger partial charge is 0.264 e. The van der Waals surface area contributed by atoms with E-state index in [2.05, 4.69) is 9.97 Å². The number of rotatable bonds is 0. The fraction of sp³-hybridized carbons (Fsp3) is 0.0667. The molecule has 0 atom stereocenters. The van der Waals surface area contributed by atoms with Gasteiger partial charge in [-0.2, -0.15) is 8.78 Å². The monoisotopic (exact) mass is 254 g/mol. The molecule has 0 fully saturated rings. The van der Waals surface area contributed by atoms with Crippen molar-refractivity contribution in [3.63, 3.8) is 0 Å². The molecule has 0 bridgehead atoms. The summed E-state index contributed by atoms with van der Waals surface area (Å²) < 4.78 is 29.2. The van der Waals surface area contributed by atoms with Crippen molar-refractivity contribution in [2.45, 2.75) is 5.92 Å². The molecule has 4 heteroatoms. The lowest BCUT2D eigenvalue weighted by atomic mass is 9.85. The molecule has 2 heterocycles. The standard InChI is InChI=1S/C15H8F2N2/c16-15(17)11-3-1-2-9-4-7-19-14(13(9)11)10-5-6-18-8-12(10)15/h1-8H. The minimum Gasteiger partial charge on any atom is -0.264 e. The highest BCUT2D eigenvalue weighted by atomic mass is 19.3. The van der Waals surface area contributed by atoms with Gasteiger partial charge < -0.3 is 0 Å². The van der Waals surface area contributed by atoms with Crippen molar-refractivity contribution < 1.29 is 8.78 Å². The number of halogens is 2. The second-order valence-electron chi connectivity index (χ2n) is 4.56. The Morgan fingerprint density at radius 2 is 1.84 bits per heavy atom. The molecule has 92 valence electrons. The number of alkyl halides is 2. The van der Waals surface area contributed by atoms with E-state index in [9.17, 15) is 8.78 Å². The fourth-order valence-corrected chi connectivity index (χ4v) is 2.69. The summed E-state index contributed by atoms with van der Waals surface area (Å²) in [4.78, 5) is 8.11. The second kappa shape index (κ2) is 3.35. The summed E-state index contributed by atoms with van der Waals surface area (Å²) in [6, 6.07) is 8.29. The highest BCUT2D eigenvalue weighted by molar-refractivity contribution is 6.00. The molecular formula is C15H8F2N2. The number of fused-ring (bicyclic) bond motifs is 2. The van der Waals surface area contributed by atoms with Gasteiger partial charge >= 0.3 is 5.92 Å². The van der Waals surface area contributed by atoms with Gasteiger partial charge in [0, 0.05) is 35.1 Å². The Hall–Kier alpha value is -2.36. The average molecular weight is 254 g/mol. The zero-order chi connectivity index (χ0) is 13.0. The lowest BCUT2D eigenvalue weighted by Gasteiger charge is -2.26. The zero-order valence-corrected chi connectivity index (χ0v) is 9.77. The van der Waals surface area contributed by atoms with Crippen LogP contribution in [-0.2, 0) is 5.92 Å². The minimum atomic E-state index is -3.03. The van der Waals surface area contributed by atoms with Gasteiger partial charge in [-0.25, -0.2) is 0 Å². The van der Waals surface area contributed by atoms with Crippen LogP contribution in [0.2, 0.25) is 0 Å². The van der Waals surface area contributed by atoms with Gasteiger partial charge in [0.15, 0.2) is 0 Å². The van der Waals surface area contributed by atoms with Crippen molar-refractivity contribution in [3.8, 4) is 11.3 Å². The first-order chi connectivity index (χ1) is 9.19. The molecule has 19 heavy (non-hydrogen) atoms. The first kappa shape index (κ1) is 10.6. The lowest BCUT2D eigenvalue weighted by Crippen LogP contribution is -2.21. The van der Waals surface area contributed by atoms with Gasteiger partial charge in [0.05, 0.1) is 11.3 Å². The Bertz CT molecular complexity index is 807. The summed E-state index contributed by atoms with van der Waals surface area (Å²) >= 11 is 0. The fourth-order valence-electron chi connectivity index (χ4n) is 2.69. The third-order valence-electron chi connectivity index (χ3n) is 3.54. The van der Waals surface area contributed by atoms with Gasteiger partial charge in [-0.15, -0.1) is 0 Å². The summed E-state index contributed by atoms with van der Waals surface area (Å²) in [5.41, 5.74) is 1.00. The molecule has 0 aliphatic heterocycles. The number of hydrogen-bond donors (Lipinski definition) is 0. The first-order valence-corrected chi connectivity index (χ1v) is 5.90. The summed E-state index contributed by atoms with van der Waals surface area (Å²) in [5, 5.41) is 1.32. The Morgan fingerprint density at radius 1 is 0.947 bits per heavy atom. The van der Waals surface area contributed by atoms with Crippen LogP contribution in [0.3, 0.4) is 0 Å².